The largest absolute Gasteiger partial charge is 0.481 e. The van der Waals surface area contributed by atoms with Gasteiger partial charge in [0.05, 0.1) is 12.6 Å². The Morgan fingerprint density at radius 3 is 2.14 bits per heavy atom. The Morgan fingerprint density at radius 2 is 1.68 bits per heavy atom. The molecule has 4 atom stereocenters. The lowest BCUT2D eigenvalue weighted by molar-refractivity contribution is -0.143. The van der Waals surface area contributed by atoms with Crippen LogP contribution in [0.1, 0.15) is 33.1 Å². The van der Waals surface area contributed by atoms with Gasteiger partial charge in [0.2, 0.25) is 17.7 Å². The number of aliphatic carboxylic acids is 2. The fourth-order valence-electron chi connectivity index (χ4n) is 2.09. The van der Waals surface area contributed by atoms with E-state index in [4.69, 9.17) is 15.9 Å². The molecule has 12 heteroatoms. The van der Waals surface area contributed by atoms with Gasteiger partial charge in [0.15, 0.2) is 0 Å². The highest BCUT2D eigenvalue weighted by atomic mass is 32.1. The van der Waals surface area contributed by atoms with Crippen LogP contribution < -0.4 is 21.7 Å². The standard InChI is InChI=1S/C16H28N4O7S/c1-3-8(2)13(20-14(24)9(17)7-28)15(25)18-6-11(21)19-10(16(26)27)4-5-12(22)23/h8-10,13,28H,3-7,17H2,1-2H3,(H,18,25)(H,19,21)(H,20,24)(H,22,23)(H,26,27). The van der Waals surface area contributed by atoms with E-state index in [-0.39, 0.29) is 18.1 Å². The van der Waals surface area contributed by atoms with E-state index >= 15 is 0 Å². The molecule has 7 N–H and O–H groups in total. The lowest BCUT2D eigenvalue weighted by Crippen LogP contribution is -2.56. The van der Waals surface area contributed by atoms with Gasteiger partial charge in [-0.1, -0.05) is 20.3 Å². The summed E-state index contributed by atoms with van der Waals surface area (Å²) in [5.41, 5.74) is 5.58. The molecule has 0 aliphatic heterocycles. The molecule has 0 aliphatic rings. The highest BCUT2D eigenvalue weighted by Crippen LogP contribution is 2.08. The summed E-state index contributed by atoms with van der Waals surface area (Å²) >= 11 is 3.93. The molecule has 0 rings (SSSR count). The fourth-order valence-corrected chi connectivity index (χ4v) is 2.26. The Bertz CT molecular complexity index is 587. The molecule has 4 unspecified atom stereocenters. The lowest BCUT2D eigenvalue weighted by Gasteiger charge is -2.24. The molecule has 0 bridgehead atoms. The molecule has 0 aromatic carbocycles. The van der Waals surface area contributed by atoms with Crippen LogP contribution in [0, 0.1) is 5.92 Å². The van der Waals surface area contributed by atoms with E-state index in [1.54, 1.807) is 6.92 Å². The predicted octanol–water partition coefficient (Wildman–Crippen LogP) is -1.68. The van der Waals surface area contributed by atoms with Crippen molar-refractivity contribution in [3.63, 3.8) is 0 Å². The molecule has 0 saturated heterocycles. The topological polar surface area (TPSA) is 188 Å². The maximum Gasteiger partial charge on any atom is 0.326 e. The van der Waals surface area contributed by atoms with Gasteiger partial charge < -0.3 is 31.9 Å². The van der Waals surface area contributed by atoms with Crippen molar-refractivity contribution in [1.82, 2.24) is 16.0 Å². The second-order valence-electron chi connectivity index (χ2n) is 6.27. The van der Waals surface area contributed by atoms with Gasteiger partial charge in [-0.3, -0.25) is 19.2 Å². The maximum absolute atomic E-state index is 12.4. The molecule has 0 radical (unpaired) electrons. The third-order valence-electron chi connectivity index (χ3n) is 4.03. The van der Waals surface area contributed by atoms with Crippen LogP contribution in [-0.4, -0.2) is 70.3 Å². The third-order valence-corrected chi connectivity index (χ3v) is 4.42. The number of rotatable bonds is 13. The van der Waals surface area contributed by atoms with Gasteiger partial charge in [-0.05, 0) is 12.3 Å². The Kier molecular flexibility index (Phi) is 11.9. The van der Waals surface area contributed by atoms with E-state index < -0.39 is 60.8 Å². The lowest BCUT2D eigenvalue weighted by atomic mass is 9.98. The summed E-state index contributed by atoms with van der Waals surface area (Å²) in [4.78, 5) is 57.8. The van der Waals surface area contributed by atoms with Gasteiger partial charge in [-0.25, -0.2) is 4.79 Å². The second-order valence-corrected chi connectivity index (χ2v) is 6.63. The van der Waals surface area contributed by atoms with Crippen molar-refractivity contribution in [3.8, 4) is 0 Å². The monoisotopic (exact) mass is 420 g/mol. The minimum atomic E-state index is -1.39. The van der Waals surface area contributed by atoms with Crippen molar-refractivity contribution in [2.45, 2.75) is 51.2 Å². The minimum Gasteiger partial charge on any atom is -0.481 e. The first-order chi connectivity index (χ1) is 13.0. The number of amides is 3. The van der Waals surface area contributed by atoms with Gasteiger partial charge in [0.25, 0.3) is 0 Å². The minimum absolute atomic E-state index is 0.0933. The van der Waals surface area contributed by atoms with Crippen molar-refractivity contribution in [2.24, 2.45) is 11.7 Å². The number of thiol groups is 1. The molecule has 0 heterocycles. The van der Waals surface area contributed by atoms with Gasteiger partial charge >= 0.3 is 11.9 Å². The number of carboxylic acid groups (broad SMARTS) is 2. The van der Waals surface area contributed by atoms with Gasteiger partial charge in [-0.15, -0.1) is 0 Å². The summed E-state index contributed by atoms with van der Waals surface area (Å²) < 4.78 is 0. The molecular formula is C16H28N4O7S. The molecule has 3 amide bonds. The molecule has 160 valence electrons. The van der Waals surface area contributed by atoms with Crippen molar-refractivity contribution in [2.75, 3.05) is 12.3 Å². The highest BCUT2D eigenvalue weighted by Gasteiger charge is 2.28. The van der Waals surface area contributed by atoms with Crippen LogP contribution in [0.4, 0.5) is 0 Å². The van der Waals surface area contributed by atoms with Crippen LogP contribution in [0.15, 0.2) is 0 Å². The van der Waals surface area contributed by atoms with Gasteiger partial charge in [0.1, 0.15) is 12.1 Å². The second kappa shape index (κ2) is 12.9. The zero-order chi connectivity index (χ0) is 21.9. The zero-order valence-corrected chi connectivity index (χ0v) is 16.7. The first-order valence-corrected chi connectivity index (χ1v) is 9.35. The van der Waals surface area contributed by atoms with Crippen LogP contribution in [0.2, 0.25) is 0 Å². The van der Waals surface area contributed by atoms with E-state index in [1.807, 2.05) is 6.92 Å². The normalized spacial score (nSPS) is 14.9. The Balaban J connectivity index is 4.81. The number of hydrogen-bond acceptors (Lipinski definition) is 7. The number of hydrogen-bond donors (Lipinski definition) is 7. The smallest absolute Gasteiger partial charge is 0.326 e. The Hall–Kier alpha value is -2.34. The van der Waals surface area contributed by atoms with Crippen molar-refractivity contribution < 1.29 is 34.2 Å². The van der Waals surface area contributed by atoms with E-state index in [0.29, 0.717) is 6.42 Å². The average Bonchev–Trinajstić information content (AvgIpc) is 2.65. The highest BCUT2D eigenvalue weighted by molar-refractivity contribution is 7.80. The molecule has 0 fully saturated rings. The maximum atomic E-state index is 12.4. The molecule has 0 saturated carbocycles. The summed E-state index contributed by atoms with van der Waals surface area (Å²) in [6.07, 6.45) is -0.161. The molecule has 11 nitrogen and oxygen atoms in total. The van der Waals surface area contributed by atoms with Crippen LogP contribution in [-0.2, 0) is 24.0 Å². The number of carbonyl (C=O) groups excluding carboxylic acids is 3. The van der Waals surface area contributed by atoms with Crippen LogP contribution >= 0.6 is 12.6 Å². The summed E-state index contributed by atoms with van der Waals surface area (Å²) in [6, 6.07) is -3.21. The van der Waals surface area contributed by atoms with Crippen molar-refractivity contribution >= 4 is 42.3 Å². The Morgan fingerprint density at radius 1 is 1.07 bits per heavy atom. The summed E-state index contributed by atoms with van der Waals surface area (Å²) in [6.45, 7) is 3.03. The quantitative estimate of drug-likeness (QED) is 0.172. The SMILES string of the molecule is CCC(C)C(NC(=O)C(N)CS)C(=O)NCC(=O)NC(CCC(=O)O)C(=O)O. The average molecular weight is 420 g/mol. The zero-order valence-electron chi connectivity index (χ0n) is 15.8. The van der Waals surface area contributed by atoms with Crippen molar-refractivity contribution in [3.05, 3.63) is 0 Å². The number of carboxylic acids is 2. The summed E-state index contributed by atoms with van der Waals surface area (Å²) in [5.74, 6) is -4.71. The summed E-state index contributed by atoms with van der Waals surface area (Å²) in [7, 11) is 0. The van der Waals surface area contributed by atoms with E-state index in [2.05, 4.69) is 28.6 Å². The van der Waals surface area contributed by atoms with Gasteiger partial charge in [0, 0.05) is 12.2 Å². The van der Waals surface area contributed by atoms with Gasteiger partial charge in [-0.2, -0.15) is 12.6 Å². The summed E-state index contributed by atoms with van der Waals surface area (Å²) in [5, 5.41) is 24.6. The predicted molar refractivity (Wildman–Crippen MR) is 103 cm³/mol. The van der Waals surface area contributed by atoms with E-state index in [0.717, 1.165) is 0 Å². The molecule has 0 aromatic rings. The van der Waals surface area contributed by atoms with Crippen LogP contribution in [0.3, 0.4) is 0 Å². The molecule has 0 aliphatic carbocycles. The van der Waals surface area contributed by atoms with E-state index in [9.17, 15) is 24.0 Å². The first kappa shape index (κ1) is 25.7. The number of carbonyl (C=O) groups is 5. The molecule has 28 heavy (non-hydrogen) atoms. The molecule has 0 spiro atoms. The van der Waals surface area contributed by atoms with Crippen LogP contribution in [0.25, 0.3) is 0 Å². The third kappa shape index (κ3) is 9.55. The van der Waals surface area contributed by atoms with Crippen molar-refractivity contribution in [1.29, 1.82) is 0 Å². The fraction of sp³-hybridized carbons (Fsp3) is 0.688. The first-order valence-electron chi connectivity index (χ1n) is 8.71. The Labute approximate surface area is 168 Å². The van der Waals surface area contributed by atoms with Crippen LogP contribution in [0.5, 0.6) is 0 Å². The number of nitrogens with two attached hydrogens (primary N) is 1. The number of nitrogens with one attached hydrogen (secondary N) is 3. The van der Waals surface area contributed by atoms with E-state index in [1.165, 1.54) is 0 Å². The molecule has 0 aromatic heterocycles. The molecular weight excluding hydrogens is 392 g/mol.